The number of anilines is 1. The van der Waals surface area contributed by atoms with E-state index < -0.39 is 0 Å². The van der Waals surface area contributed by atoms with Gasteiger partial charge >= 0.3 is 5.97 Å². The van der Waals surface area contributed by atoms with Crippen LogP contribution < -0.4 is 5.32 Å². The number of ether oxygens (including phenoxy) is 1. The maximum Gasteiger partial charge on any atom is 0.311 e. The molecule has 7 rings (SSSR count). The summed E-state index contributed by atoms with van der Waals surface area (Å²) in [7, 11) is 0. The molecule has 180 valence electrons. The van der Waals surface area contributed by atoms with Crippen LogP contribution in [0.15, 0.2) is 67.3 Å². The highest BCUT2D eigenvalue weighted by Gasteiger charge is 2.76. The van der Waals surface area contributed by atoms with Crippen molar-refractivity contribution in [2.24, 2.45) is 23.2 Å². The largest absolute Gasteiger partial charge is 0.466 e. The van der Waals surface area contributed by atoms with Crippen molar-refractivity contribution in [1.82, 2.24) is 19.9 Å². The van der Waals surface area contributed by atoms with Crippen LogP contribution in [0, 0.1) is 23.2 Å². The predicted octanol–water partition coefficient (Wildman–Crippen LogP) is 5.14. The number of nitrogens with one attached hydrogen (secondary N) is 1. The predicted molar refractivity (Wildman–Crippen MR) is 137 cm³/mol. The molecule has 2 aromatic carbocycles. The minimum absolute atomic E-state index is 0.00153. The van der Waals surface area contributed by atoms with Gasteiger partial charge in [-0.1, -0.05) is 42.5 Å². The van der Waals surface area contributed by atoms with E-state index in [1.807, 2.05) is 37.3 Å². The Morgan fingerprint density at radius 1 is 1.03 bits per heavy atom. The van der Waals surface area contributed by atoms with Gasteiger partial charge in [-0.25, -0.2) is 19.9 Å². The number of nitrogens with zero attached hydrogens (tertiary/aromatic N) is 4. The molecule has 5 atom stereocenters. The van der Waals surface area contributed by atoms with Crippen molar-refractivity contribution in [2.75, 3.05) is 11.9 Å². The highest BCUT2D eigenvalue weighted by atomic mass is 16.5. The maximum atomic E-state index is 13.1. The van der Waals surface area contributed by atoms with Crippen molar-refractivity contribution >= 4 is 22.7 Å². The number of carbonyl (C=O) groups is 1. The summed E-state index contributed by atoms with van der Waals surface area (Å²) in [5.41, 5.74) is 4.07. The first kappa shape index (κ1) is 21.4. The smallest absolute Gasteiger partial charge is 0.311 e. The van der Waals surface area contributed by atoms with Gasteiger partial charge in [0.05, 0.1) is 29.0 Å². The Morgan fingerprint density at radius 3 is 2.61 bits per heavy atom. The molecular formula is C29H27N5O2. The summed E-state index contributed by atoms with van der Waals surface area (Å²) < 4.78 is 5.56. The van der Waals surface area contributed by atoms with Crippen LogP contribution in [0.25, 0.3) is 33.4 Å². The Balaban J connectivity index is 1.39. The van der Waals surface area contributed by atoms with Crippen LogP contribution >= 0.6 is 0 Å². The first-order valence-corrected chi connectivity index (χ1v) is 12.7. The highest BCUT2D eigenvalue weighted by Crippen LogP contribution is 2.78. The maximum absolute atomic E-state index is 13.1. The van der Waals surface area contributed by atoms with E-state index in [0.717, 1.165) is 46.3 Å². The lowest BCUT2D eigenvalue weighted by atomic mass is 9.69. The number of carbonyl (C=O) groups excluding carboxylic acids is 1. The van der Waals surface area contributed by atoms with E-state index in [4.69, 9.17) is 14.7 Å². The van der Waals surface area contributed by atoms with E-state index in [0.29, 0.717) is 29.7 Å². The fourth-order valence-electron chi connectivity index (χ4n) is 6.86. The van der Waals surface area contributed by atoms with Crippen LogP contribution in [0.1, 0.15) is 26.2 Å². The standard InChI is InChI=1S/C29H27N5O2/c1-2-36-28(35)24-21-13-29(21)12-11-20(29)25(24)33-27-23-19(17-7-4-3-5-8-17)9-6-10-22(23)32-26(34-27)18-14-30-16-31-15-18/h3-10,14-16,20-21,24-25H,2,11-13H2,1H3,(H,32,33,34)/t20?,21?,24-,25+,29-/m1/s1. The quantitative estimate of drug-likeness (QED) is 0.384. The van der Waals surface area contributed by atoms with E-state index in [1.165, 1.54) is 12.7 Å². The molecule has 3 aliphatic rings. The fourth-order valence-corrected chi connectivity index (χ4v) is 6.86. The monoisotopic (exact) mass is 477 g/mol. The van der Waals surface area contributed by atoms with E-state index >= 15 is 0 Å². The van der Waals surface area contributed by atoms with E-state index in [9.17, 15) is 4.79 Å². The van der Waals surface area contributed by atoms with E-state index in [1.54, 1.807) is 12.4 Å². The molecule has 1 spiro atoms. The SMILES string of the molecule is CCOC(=O)[C@@H]1C2C[C@@]23CCC3[C@@H]1Nc1nc(-c2cncnc2)nc2cccc(-c3ccccc3)c12. The molecule has 4 aromatic rings. The van der Waals surface area contributed by atoms with Crippen molar-refractivity contribution in [3.63, 3.8) is 0 Å². The number of benzene rings is 2. The second-order valence-corrected chi connectivity index (χ2v) is 10.2. The number of esters is 1. The van der Waals surface area contributed by atoms with Gasteiger partial charge in [0.1, 0.15) is 12.1 Å². The Labute approximate surface area is 209 Å². The molecule has 0 amide bonds. The van der Waals surface area contributed by atoms with Gasteiger partial charge in [-0.05, 0) is 60.6 Å². The lowest BCUT2D eigenvalue weighted by Crippen LogP contribution is -2.43. The van der Waals surface area contributed by atoms with Crippen molar-refractivity contribution in [2.45, 2.75) is 32.2 Å². The summed E-state index contributed by atoms with van der Waals surface area (Å²) in [4.78, 5) is 31.4. The third kappa shape index (κ3) is 3.15. The van der Waals surface area contributed by atoms with Gasteiger partial charge in [-0.15, -0.1) is 0 Å². The van der Waals surface area contributed by atoms with Gasteiger partial charge in [0.2, 0.25) is 0 Å². The normalized spacial score (nSPS) is 27.6. The minimum atomic E-state index is -0.144. The molecular weight excluding hydrogens is 450 g/mol. The first-order chi connectivity index (χ1) is 17.7. The van der Waals surface area contributed by atoms with Crippen molar-refractivity contribution in [3.8, 4) is 22.5 Å². The Morgan fingerprint density at radius 2 is 1.86 bits per heavy atom. The highest BCUT2D eigenvalue weighted by molar-refractivity contribution is 6.02. The van der Waals surface area contributed by atoms with Crippen molar-refractivity contribution in [1.29, 1.82) is 0 Å². The Kier molecular flexibility index (Phi) is 4.81. The summed E-state index contributed by atoms with van der Waals surface area (Å²) in [6.45, 7) is 2.28. The Hall–Kier alpha value is -3.87. The van der Waals surface area contributed by atoms with Crippen LogP contribution in [-0.4, -0.2) is 38.6 Å². The van der Waals surface area contributed by atoms with E-state index in [-0.39, 0.29) is 17.9 Å². The van der Waals surface area contributed by atoms with Gasteiger partial charge in [0, 0.05) is 18.4 Å². The first-order valence-electron chi connectivity index (χ1n) is 12.7. The summed E-state index contributed by atoms with van der Waals surface area (Å²) >= 11 is 0. The minimum Gasteiger partial charge on any atom is -0.466 e. The molecule has 0 bridgehead atoms. The molecule has 2 heterocycles. The summed E-state index contributed by atoms with van der Waals surface area (Å²) in [5, 5.41) is 4.75. The lowest BCUT2D eigenvalue weighted by molar-refractivity contribution is -0.149. The average Bonchev–Trinajstić information content (AvgIpc) is 3.63. The molecule has 0 saturated heterocycles. The second kappa shape index (κ2) is 8.08. The number of hydrogen-bond donors (Lipinski definition) is 1. The molecule has 3 aliphatic carbocycles. The van der Waals surface area contributed by atoms with Gasteiger partial charge < -0.3 is 10.1 Å². The number of rotatable bonds is 6. The second-order valence-electron chi connectivity index (χ2n) is 10.2. The van der Waals surface area contributed by atoms with Crippen LogP contribution in [-0.2, 0) is 9.53 Å². The summed E-state index contributed by atoms with van der Waals surface area (Å²) in [6, 6.07) is 16.4. The molecule has 0 radical (unpaired) electrons. The zero-order chi connectivity index (χ0) is 24.3. The third-order valence-electron chi connectivity index (χ3n) is 8.58. The van der Waals surface area contributed by atoms with Crippen LogP contribution in [0.2, 0.25) is 0 Å². The number of hydrogen-bond acceptors (Lipinski definition) is 7. The molecule has 36 heavy (non-hydrogen) atoms. The molecule has 2 unspecified atom stereocenters. The lowest BCUT2D eigenvalue weighted by Gasteiger charge is -2.39. The van der Waals surface area contributed by atoms with Crippen molar-refractivity contribution in [3.05, 3.63) is 67.3 Å². The fraction of sp³-hybridized carbons (Fsp3) is 0.345. The Bertz CT molecular complexity index is 1460. The van der Waals surface area contributed by atoms with Crippen LogP contribution in [0.4, 0.5) is 5.82 Å². The summed E-state index contributed by atoms with van der Waals surface area (Å²) in [5.74, 6) is 1.97. The topological polar surface area (TPSA) is 89.9 Å². The van der Waals surface area contributed by atoms with Gasteiger partial charge in [-0.3, -0.25) is 4.79 Å². The third-order valence-corrected chi connectivity index (χ3v) is 8.58. The molecule has 1 N–H and O–H groups in total. The number of aromatic nitrogens is 4. The molecule has 3 saturated carbocycles. The molecule has 0 aliphatic heterocycles. The summed E-state index contributed by atoms with van der Waals surface area (Å²) in [6.07, 6.45) is 8.45. The van der Waals surface area contributed by atoms with Gasteiger partial charge in [-0.2, -0.15) is 0 Å². The van der Waals surface area contributed by atoms with E-state index in [2.05, 4.69) is 33.5 Å². The van der Waals surface area contributed by atoms with Crippen molar-refractivity contribution < 1.29 is 9.53 Å². The zero-order valence-corrected chi connectivity index (χ0v) is 20.1. The molecule has 3 fully saturated rings. The van der Waals surface area contributed by atoms with Crippen LogP contribution in [0.5, 0.6) is 0 Å². The molecule has 7 heteroatoms. The average molecular weight is 478 g/mol. The van der Waals surface area contributed by atoms with Crippen LogP contribution in [0.3, 0.4) is 0 Å². The van der Waals surface area contributed by atoms with Gasteiger partial charge in [0.25, 0.3) is 0 Å². The molecule has 7 nitrogen and oxygen atoms in total. The zero-order valence-electron chi connectivity index (χ0n) is 20.1. The number of fused-ring (bicyclic) bond motifs is 1. The molecule has 2 aromatic heterocycles. The van der Waals surface area contributed by atoms with Gasteiger partial charge in [0.15, 0.2) is 5.82 Å².